The fraction of sp³-hybridized carbons (Fsp3) is 0.241. The number of aromatic nitrogens is 6. The third-order valence-corrected chi connectivity index (χ3v) is 6.50. The Morgan fingerprint density at radius 3 is 2.67 bits per heavy atom. The van der Waals surface area contributed by atoms with Crippen molar-refractivity contribution in [2.75, 3.05) is 11.9 Å². The van der Waals surface area contributed by atoms with Gasteiger partial charge in [-0.15, -0.1) is 5.10 Å². The predicted octanol–water partition coefficient (Wildman–Crippen LogP) is 5.41. The van der Waals surface area contributed by atoms with E-state index in [9.17, 15) is 14.9 Å². The van der Waals surface area contributed by atoms with Crippen molar-refractivity contribution < 1.29 is 19.2 Å². The van der Waals surface area contributed by atoms with Crippen LogP contribution in [0.15, 0.2) is 60.9 Å². The number of aryl methyl sites for hydroxylation is 1. The van der Waals surface area contributed by atoms with Crippen molar-refractivity contribution in [2.24, 2.45) is 0 Å². The number of carbonyl (C=O) groups excluding carboxylic acids is 1. The Labute approximate surface area is 251 Å². The van der Waals surface area contributed by atoms with Gasteiger partial charge in [-0.3, -0.25) is 19.8 Å². The molecule has 0 radical (unpaired) electrons. The molecule has 220 valence electrons. The standard InChI is InChI=1S/C29H27ClN8O5/c1-17(2)43-28(39)26-18(3)33-29(34-27(26)19-4-7-22(8-5-19)38(40)41)42-16-21-15-37(36-35-21)13-12-32-24-10-11-31-25-14-20(30)6-9-23(24)25/h4-11,14-15,17H,12-13,16H2,1-3H3,(H,31,32). The summed E-state index contributed by atoms with van der Waals surface area (Å²) in [7, 11) is 0. The molecule has 0 saturated carbocycles. The van der Waals surface area contributed by atoms with Gasteiger partial charge in [0.2, 0.25) is 0 Å². The maximum Gasteiger partial charge on any atom is 0.342 e. The van der Waals surface area contributed by atoms with Gasteiger partial charge in [0.1, 0.15) is 17.9 Å². The minimum absolute atomic E-state index is 0.00725. The molecule has 5 rings (SSSR count). The fourth-order valence-electron chi connectivity index (χ4n) is 4.31. The average Bonchev–Trinajstić information content (AvgIpc) is 3.43. The molecule has 14 heteroatoms. The molecule has 2 aromatic carbocycles. The highest BCUT2D eigenvalue weighted by Gasteiger charge is 2.23. The zero-order valence-electron chi connectivity index (χ0n) is 23.5. The first-order chi connectivity index (χ1) is 20.7. The smallest absolute Gasteiger partial charge is 0.342 e. The van der Waals surface area contributed by atoms with Gasteiger partial charge in [-0.25, -0.2) is 4.79 Å². The third kappa shape index (κ3) is 7.01. The van der Waals surface area contributed by atoms with Gasteiger partial charge in [0.05, 0.1) is 40.7 Å². The van der Waals surface area contributed by atoms with Crippen LogP contribution in [-0.4, -0.2) is 53.5 Å². The van der Waals surface area contributed by atoms with Crippen molar-refractivity contribution in [2.45, 2.75) is 40.0 Å². The summed E-state index contributed by atoms with van der Waals surface area (Å²) in [5.41, 5.74) is 3.39. The molecule has 0 aliphatic heterocycles. The molecule has 3 heterocycles. The molecule has 0 aliphatic rings. The normalized spacial score (nSPS) is 11.1. The molecule has 0 amide bonds. The Hall–Kier alpha value is -5.17. The molecule has 0 spiro atoms. The van der Waals surface area contributed by atoms with Crippen LogP contribution in [0.2, 0.25) is 5.02 Å². The van der Waals surface area contributed by atoms with Crippen LogP contribution in [0.4, 0.5) is 11.4 Å². The second-order valence-electron chi connectivity index (χ2n) is 9.78. The Morgan fingerprint density at radius 1 is 1.14 bits per heavy atom. The number of esters is 1. The zero-order chi connectivity index (χ0) is 30.5. The van der Waals surface area contributed by atoms with Crippen molar-refractivity contribution in [3.05, 3.63) is 93.0 Å². The number of hydrogen-bond acceptors (Lipinski definition) is 11. The molecule has 3 aromatic heterocycles. The molecule has 0 bridgehead atoms. The molecule has 0 fully saturated rings. The number of rotatable bonds is 11. The maximum atomic E-state index is 12.9. The van der Waals surface area contributed by atoms with Crippen molar-refractivity contribution >= 4 is 39.8 Å². The first-order valence-corrected chi connectivity index (χ1v) is 13.7. The van der Waals surface area contributed by atoms with E-state index in [0.717, 1.165) is 16.6 Å². The van der Waals surface area contributed by atoms with E-state index in [1.165, 1.54) is 24.3 Å². The average molecular weight is 603 g/mol. The summed E-state index contributed by atoms with van der Waals surface area (Å²) in [5.74, 6) is -0.604. The van der Waals surface area contributed by atoms with Crippen molar-refractivity contribution in [3.8, 4) is 17.3 Å². The van der Waals surface area contributed by atoms with Crippen LogP contribution in [0.5, 0.6) is 6.01 Å². The number of non-ortho nitro benzene ring substituents is 1. The number of anilines is 1. The Kier molecular flexibility index (Phi) is 8.71. The fourth-order valence-corrected chi connectivity index (χ4v) is 4.48. The van der Waals surface area contributed by atoms with Crippen LogP contribution in [0, 0.1) is 17.0 Å². The van der Waals surface area contributed by atoms with Gasteiger partial charge >= 0.3 is 12.0 Å². The van der Waals surface area contributed by atoms with Crippen LogP contribution < -0.4 is 10.1 Å². The van der Waals surface area contributed by atoms with E-state index in [1.54, 1.807) is 37.8 Å². The molecule has 0 unspecified atom stereocenters. The molecular weight excluding hydrogens is 576 g/mol. The van der Waals surface area contributed by atoms with Crippen molar-refractivity contribution in [3.63, 3.8) is 0 Å². The van der Waals surface area contributed by atoms with Gasteiger partial charge in [0.25, 0.3) is 5.69 Å². The highest BCUT2D eigenvalue weighted by molar-refractivity contribution is 6.31. The van der Waals surface area contributed by atoms with Crippen molar-refractivity contribution in [1.82, 2.24) is 29.9 Å². The first kappa shape index (κ1) is 29.3. The van der Waals surface area contributed by atoms with Gasteiger partial charge in [-0.2, -0.15) is 9.97 Å². The zero-order valence-corrected chi connectivity index (χ0v) is 24.3. The number of benzene rings is 2. The molecule has 1 N–H and O–H groups in total. The lowest BCUT2D eigenvalue weighted by molar-refractivity contribution is -0.384. The van der Waals surface area contributed by atoms with E-state index < -0.39 is 10.9 Å². The summed E-state index contributed by atoms with van der Waals surface area (Å²) in [6, 6.07) is 13.2. The van der Waals surface area contributed by atoms with Crippen LogP contribution >= 0.6 is 11.6 Å². The highest BCUT2D eigenvalue weighted by Crippen LogP contribution is 2.29. The minimum Gasteiger partial charge on any atom is -0.459 e. The highest BCUT2D eigenvalue weighted by atomic mass is 35.5. The number of nitrogens with zero attached hydrogens (tertiary/aromatic N) is 7. The molecular formula is C29H27ClN8O5. The van der Waals surface area contributed by atoms with Crippen LogP contribution in [0.1, 0.15) is 35.6 Å². The van der Waals surface area contributed by atoms with E-state index in [2.05, 4.69) is 30.6 Å². The number of nitro benzene ring substituents is 1. The Bertz CT molecular complexity index is 1790. The van der Waals surface area contributed by atoms with Gasteiger partial charge in [0.15, 0.2) is 0 Å². The molecule has 13 nitrogen and oxygen atoms in total. The quantitative estimate of drug-likeness (QED) is 0.117. The molecule has 0 aliphatic carbocycles. The van der Waals surface area contributed by atoms with E-state index >= 15 is 0 Å². The van der Waals surface area contributed by atoms with Gasteiger partial charge in [-0.1, -0.05) is 16.8 Å². The van der Waals surface area contributed by atoms with Crippen LogP contribution in [0.3, 0.4) is 0 Å². The van der Waals surface area contributed by atoms with Gasteiger partial charge in [0, 0.05) is 46.5 Å². The number of carbonyl (C=O) groups is 1. The van der Waals surface area contributed by atoms with E-state index in [0.29, 0.717) is 35.1 Å². The maximum absolute atomic E-state index is 12.9. The second kappa shape index (κ2) is 12.8. The first-order valence-electron chi connectivity index (χ1n) is 13.3. The summed E-state index contributed by atoms with van der Waals surface area (Å²) in [6.45, 7) is 6.26. The molecule has 5 aromatic rings. The Morgan fingerprint density at radius 2 is 1.93 bits per heavy atom. The summed E-state index contributed by atoms with van der Waals surface area (Å²) in [4.78, 5) is 36.7. The lowest BCUT2D eigenvalue weighted by Gasteiger charge is -2.14. The molecule has 0 atom stereocenters. The second-order valence-corrected chi connectivity index (χ2v) is 10.2. The number of fused-ring (bicyclic) bond motifs is 1. The van der Waals surface area contributed by atoms with E-state index in [-0.39, 0.29) is 35.7 Å². The van der Waals surface area contributed by atoms with Crippen molar-refractivity contribution in [1.29, 1.82) is 0 Å². The topological polar surface area (TPSA) is 160 Å². The minimum atomic E-state index is -0.604. The summed E-state index contributed by atoms with van der Waals surface area (Å²) in [6.07, 6.45) is 3.11. The van der Waals surface area contributed by atoms with E-state index in [4.69, 9.17) is 21.1 Å². The predicted molar refractivity (Wildman–Crippen MR) is 159 cm³/mol. The summed E-state index contributed by atoms with van der Waals surface area (Å²) in [5, 5.41) is 24.4. The number of hydrogen-bond donors (Lipinski definition) is 1. The number of pyridine rings is 1. The summed E-state index contributed by atoms with van der Waals surface area (Å²) >= 11 is 6.08. The number of ether oxygens (including phenoxy) is 2. The lowest BCUT2D eigenvalue weighted by Crippen LogP contribution is -2.16. The number of halogens is 1. The summed E-state index contributed by atoms with van der Waals surface area (Å²) < 4.78 is 12.9. The van der Waals surface area contributed by atoms with Crippen LogP contribution in [-0.2, 0) is 17.9 Å². The third-order valence-electron chi connectivity index (χ3n) is 6.26. The largest absolute Gasteiger partial charge is 0.459 e. The van der Waals surface area contributed by atoms with Crippen LogP contribution in [0.25, 0.3) is 22.2 Å². The molecule has 0 saturated heterocycles. The SMILES string of the molecule is Cc1nc(OCc2cn(CCNc3ccnc4cc(Cl)ccc34)nn2)nc(-c2ccc([N+](=O)[O-])cc2)c1C(=O)OC(C)C. The van der Waals surface area contributed by atoms with Gasteiger partial charge in [-0.05, 0) is 57.2 Å². The van der Waals surface area contributed by atoms with Gasteiger partial charge < -0.3 is 14.8 Å². The number of nitro groups is 1. The molecule has 43 heavy (non-hydrogen) atoms. The van der Waals surface area contributed by atoms with E-state index in [1.807, 2.05) is 24.3 Å². The Balaban J connectivity index is 1.28. The lowest BCUT2D eigenvalue weighted by atomic mass is 10.0. The number of nitrogens with one attached hydrogen (secondary N) is 1. The monoisotopic (exact) mass is 602 g/mol.